The van der Waals surface area contributed by atoms with Gasteiger partial charge in [-0.25, -0.2) is 0 Å². The van der Waals surface area contributed by atoms with Crippen LogP contribution in [0.4, 0.5) is 74.6 Å². The molecule has 20 heteroatoms. The van der Waals surface area contributed by atoms with Gasteiger partial charge in [-0.3, -0.25) is 0 Å². The Morgan fingerprint density at radius 3 is 1.10 bits per heavy atom. The van der Waals surface area contributed by atoms with Crippen LogP contribution in [0.3, 0.4) is 0 Å². The second-order valence-electron chi connectivity index (χ2n) is 11.6. The van der Waals surface area contributed by atoms with Crippen molar-refractivity contribution in [1.82, 2.24) is 0 Å². The average Bonchev–Trinajstić information content (AvgIpc) is 2.99. The van der Waals surface area contributed by atoms with E-state index in [1.54, 1.807) is 20.8 Å². The molecule has 1 unspecified atom stereocenters. The maximum Gasteiger partial charge on any atom is 0.460 e. The zero-order valence-electron chi connectivity index (χ0n) is 27.3. The van der Waals surface area contributed by atoms with Crippen LogP contribution in [-0.2, 0) is 14.2 Å². The van der Waals surface area contributed by atoms with Gasteiger partial charge in [0, 0.05) is 12.3 Å². The third kappa shape index (κ3) is 9.97. The van der Waals surface area contributed by atoms with Gasteiger partial charge in [0.1, 0.15) is 0 Å². The van der Waals surface area contributed by atoms with Gasteiger partial charge in [-0.1, -0.05) is 66.2 Å². The lowest BCUT2D eigenvalue weighted by molar-refractivity contribution is -0.462. The first-order valence-corrected chi connectivity index (χ1v) is 15.7. The van der Waals surface area contributed by atoms with Crippen molar-refractivity contribution < 1.29 is 88.8 Å². The summed E-state index contributed by atoms with van der Waals surface area (Å²) in [5.41, 5.74) is 0. The van der Waals surface area contributed by atoms with Gasteiger partial charge in [0.15, 0.2) is 0 Å². The summed E-state index contributed by atoms with van der Waals surface area (Å²) in [6, 6.07) is 0. The summed E-state index contributed by atoms with van der Waals surface area (Å²) < 4.78 is 252. The molecule has 0 amide bonds. The third-order valence-electron chi connectivity index (χ3n) is 7.52. The molecule has 296 valence electrons. The maximum absolute atomic E-state index is 14.9. The van der Waals surface area contributed by atoms with E-state index in [9.17, 15) is 74.6 Å². The van der Waals surface area contributed by atoms with Gasteiger partial charge in [-0.15, -0.1) is 0 Å². The van der Waals surface area contributed by atoms with Crippen molar-refractivity contribution in [3.8, 4) is 0 Å². The van der Waals surface area contributed by atoms with Crippen LogP contribution in [0.2, 0.25) is 0 Å². The van der Waals surface area contributed by atoms with Crippen molar-refractivity contribution >= 4 is 0 Å². The quantitative estimate of drug-likeness (QED) is 0.0499. The largest absolute Gasteiger partial charge is 0.460 e. The monoisotopic (exact) mass is 762 g/mol. The van der Waals surface area contributed by atoms with Gasteiger partial charge < -0.3 is 14.2 Å². The Kier molecular flexibility index (Phi) is 17.5. The van der Waals surface area contributed by atoms with Gasteiger partial charge in [0.2, 0.25) is 0 Å². The van der Waals surface area contributed by atoms with Crippen molar-refractivity contribution in [1.29, 1.82) is 0 Å². The van der Waals surface area contributed by atoms with Gasteiger partial charge >= 0.3 is 47.6 Å². The molecule has 0 aliphatic rings. The molecule has 3 nitrogen and oxygen atoms in total. The molecule has 0 rings (SSSR count). The Morgan fingerprint density at radius 2 is 0.735 bits per heavy atom. The lowest BCUT2D eigenvalue weighted by Crippen LogP contribution is -2.74. The summed E-state index contributed by atoms with van der Waals surface area (Å²) >= 11 is 0. The Hall–Kier alpha value is -1.31. The van der Waals surface area contributed by atoms with Gasteiger partial charge in [-0.2, -0.15) is 74.6 Å². The maximum atomic E-state index is 14.9. The van der Waals surface area contributed by atoms with E-state index in [1.165, 1.54) is 0 Å². The van der Waals surface area contributed by atoms with Crippen LogP contribution in [0.1, 0.15) is 105 Å². The number of halogens is 17. The zero-order chi connectivity index (χ0) is 38.8. The summed E-state index contributed by atoms with van der Waals surface area (Å²) in [6.07, 6.45) is -7.65. The van der Waals surface area contributed by atoms with E-state index in [-0.39, 0.29) is 51.9 Å². The minimum Gasteiger partial charge on any atom is -0.327 e. The molecule has 0 spiro atoms. The van der Waals surface area contributed by atoms with E-state index >= 15 is 0 Å². The smallest absolute Gasteiger partial charge is 0.327 e. The van der Waals surface area contributed by atoms with Gasteiger partial charge in [-0.05, 0) is 32.1 Å². The van der Waals surface area contributed by atoms with Crippen LogP contribution in [0.5, 0.6) is 0 Å². The average molecular weight is 763 g/mol. The summed E-state index contributed by atoms with van der Waals surface area (Å²) in [5.74, 6) is -60.4. The molecule has 0 aliphatic heterocycles. The molecule has 1 atom stereocenters. The molecular weight excluding hydrogens is 719 g/mol. The SMILES string of the molecule is CCCCCCCCC(CCC(F)(F)C(F)(F)C(F)(F)C(F)(F)C(F)(F)C(F)(F)C(F)(F)C(F)(F)F)C(OCCC)(OCCC)OCCC. The predicted octanol–water partition coefficient (Wildman–Crippen LogP) is 12.1. The molecule has 49 heavy (non-hydrogen) atoms. The predicted molar refractivity (Wildman–Crippen MR) is 143 cm³/mol. The van der Waals surface area contributed by atoms with E-state index in [1.807, 2.05) is 6.92 Å². The lowest BCUT2D eigenvalue weighted by atomic mass is 9.85. The molecule has 0 aliphatic carbocycles. The molecular formula is C29H43F17O3. The fourth-order valence-corrected chi connectivity index (χ4v) is 4.59. The highest BCUT2D eigenvalue weighted by Gasteiger charge is 2.95. The van der Waals surface area contributed by atoms with Crippen LogP contribution in [0.25, 0.3) is 0 Å². The van der Waals surface area contributed by atoms with Gasteiger partial charge in [0.05, 0.1) is 19.8 Å². The molecule has 0 fully saturated rings. The molecule has 0 heterocycles. The van der Waals surface area contributed by atoms with E-state index in [2.05, 4.69) is 0 Å². The topological polar surface area (TPSA) is 27.7 Å². The summed E-state index contributed by atoms with van der Waals surface area (Å²) in [5, 5.41) is 0. The number of rotatable bonds is 26. The second kappa shape index (κ2) is 17.9. The molecule has 0 bridgehead atoms. The van der Waals surface area contributed by atoms with Crippen LogP contribution in [0, 0.1) is 5.92 Å². The van der Waals surface area contributed by atoms with Crippen LogP contribution < -0.4 is 0 Å². The first-order valence-electron chi connectivity index (χ1n) is 15.7. The Bertz CT molecular complexity index is 933. The van der Waals surface area contributed by atoms with Crippen LogP contribution in [0.15, 0.2) is 0 Å². The third-order valence-corrected chi connectivity index (χ3v) is 7.52. The van der Waals surface area contributed by atoms with Crippen molar-refractivity contribution in [3.63, 3.8) is 0 Å². The van der Waals surface area contributed by atoms with E-state index in [0.717, 1.165) is 19.3 Å². The highest BCUT2D eigenvalue weighted by molar-refractivity contribution is 5.15. The number of hydrogen-bond donors (Lipinski definition) is 0. The normalized spacial score (nSPS) is 15.6. The van der Waals surface area contributed by atoms with E-state index in [0.29, 0.717) is 12.8 Å². The zero-order valence-corrected chi connectivity index (χ0v) is 27.3. The molecule has 0 N–H and O–H groups in total. The van der Waals surface area contributed by atoms with E-state index < -0.39 is 72.4 Å². The van der Waals surface area contributed by atoms with Crippen molar-refractivity contribution in [2.75, 3.05) is 19.8 Å². The van der Waals surface area contributed by atoms with E-state index in [4.69, 9.17) is 14.2 Å². The Balaban J connectivity index is 6.81. The Morgan fingerprint density at radius 1 is 0.388 bits per heavy atom. The first-order chi connectivity index (χ1) is 22.1. The standard InChI is InChI=1S/C29H43F17O3/c1-5-9-10-11-12-13-14-20(22(47-17-6-2,48-18-7-3)49-19-8-4)15-16-21(30,31)23(32,33)24(34,35)25(36,37)26(38,39)27(40,41)28(42,43)29(44,45)46/h20H,5-19H2,1-4H3. The molecule has 0 aromatic heterocycles. The molecule has 0 radical (unpaired) electrons. The number of unbranched alkanes of at least 4 members (excludes halogenated alkanes) is 5. The fourth-order valence-electron chi connectivity index (χ4n) is 4.59. The number of hydrogen-bond acceptors (Lipinski definition) is 3. The Labute approximate surface area is 273 Å². The second-order valence-corrected chi connectivity index (χ2v) is 11.6. The first kappa shape index (κ1) is 47.7. The van der Waals surface area contributed by atoms with Crippen LogP contribution >= 0.6 is 0 Å². The van der Waals surface area contributed by atoms with Crippen LogP contribution in [-0.4, -0.2) is 73.4 Å². The molecule has 0 saturated carbocycles. The minimum absolute atomic E-state index is 0.154. The van der Waals surface area contributed by atoms with Gasteiger partial charge in [0.25, 0.3) is 5.97 Å². The van der Waals surface area contributed by atoms with Crippen molar-refractivity contribution in [2.45, 2.75) is 158 Å². The highest BCUT2D eigenvalue weighted by Crippen LogP contribution is 2.64. The summed E-state index contributed by atoms with van der Waals surface area (Å²) in [7, 11) is 0. The molecule has 0 aromatic rings. The number of ether oxygens (including phenoxy) is 3. The number of alkyl halides is 17. The highest BCUT2D eigenvalue weighted by atomic mass is 19.4. The lowest BCUT2D eigenvalue weighted by Gasteiger charge is -2.43. The fraction of sp³-hybridized carbons (Fsp3) is 1.00. The summed E-state index contributed by atoms with van der Waals surface area (Å²) in [6.45, 7) is 6.11. The van der Waals surface area contributed by atoms with Crippen molar-refractivity contribution in [2.24, 2.45) is 5.92 Å². The summed E-state index contributed by atoms with van der Waals surface area (Å²) in [4.78, 5) is 0. The molecule has 0 aromatic carbocycles. The van der Waals surface area contributed by atoms with Crippen molar-refractivity contribution in [3.05, 3.63) is 0 Å². The molecule has 0 saturated heterocycles. The minimum atomic E-state index is -8.66.